The van der Waals surface area contributed by atoms with Gasteiger partial charge in [0.1, 0.15) is 0 Å². The van der Waals surface area contributed by atoms with E-state index >= 15 is 0 Å². The van der Waals surface area contributed by atoms with E-state index < -0.39 is 0 Å². The van der Waals surface area contributed by atoms with E-state index in [1.807, 2.05) is 0 Å². The van der Waals surface area contributed by atoms with E-state index in [-0.39, 0.29) is 0 Å². The number of aryl methyl sites for hydroxylation is 2. The van der Waals surface area contributed by atoms with Crippen molar-refractivity contribution in [1.29, 1.82) is 0 Å². The van der Waals surface area contributed by atoms with Gasteiger partial charge in [-0.2, -0.15) is 0 Å². The first-order valence-electron chi connectivity index (χ1n) is 11.2. The van der Waals surface area contributed by atoms with Crippen molar-refractivity contribution in [3.63, 3.8) is 0 Å². The Morgan fingerprint density at radius 1 is 0.759 bits per heavy atom. The van der Waals surface area contributed by atoms with Gasteiger partial charge in [0, 0.05) is 22.8 Å². The Balaban J connectivity index is 1.78. The van der Waals surface area contributed by atoms with Crippen molar-refractivity contribution in [3.8, 4) is 0 Å². The molecule has 0 unspecified atom stereocenters. The summed E-state index contributed by atoms with van der Waals surface area (Å²) in [4.78, 5) is 0. The van der Waals surface area contributed by atoms with Crippen LogP contribution in [0, 0.1) is 0 Å². The molecule has 2 aromatic rings. The van der Waals surface area contributed by atoms with E-state index in [4.69, 9.17) is 0 Å². The third kappa shape index (κ3) is 5.32. The maximum atomic E-state index is 11.0. The molecule has 1 aliphatic rings. The van der Waals surface area contributed by atoms with Crippen molar-refractivity contribution >= 4 is 11.4 Å². The third-order valence-electron chi connectivity index (χ3n) is 5.73. The second-order valence-electron chi connectivity index (χ2n) is 8.19. The van der Waals surface area contributed by atoms with Gasteiger partial charge in [-0.3, -0.25) is 0 Å². The number of nitrogens with zero attached hydrogens (tertiary/aromatic N) is 2. The maximum absolute atomic E-state index is 11.0. The van der Waals surface area contributed by atoms with Gasteiger partial charge < -0.3 is 5.53 Å². The summed E-state index contributed by atoms with van der Waals surface area (Å²) in [7, 11) is 0. The largest absolute Gasteiger partial charge is 0.493 e. The number of hydrogen-bond donors (Lipinski definition) is 0. The predicted molar refractivity (Wildman–Crippen MR) is 124 cm³/mol. The normalized spacial score (nSPS) is 13.9. The molecule has 1 heterocycles. The summed E-state index contributed by atoms with van der Waals surface area (Å²) in [6.07, 6.45) is 11.7. The van der Waals surface area contributed by atoms with Crippen LogP contribution in [0.1, 0.15) is 81.5 Å². The summed E-state index contributed by atoms with van der Waals surface area (Å²) in [5, 5.41) is 0. The van der Waals surface area contributed by atoms with Crippen LogP contribution in [0.2, 0.25) is 0 Å². The van der Waals surface area contributed by atoms with Crippen LogP contribution in [0.3, 0.4) is 0 Å². The molecule has 1 aliphatic heterocycles. The van der Waals surface area contributed by atoms with Gasteiger partial charge in [-0.1, -0.05) is 63.8 Å². The summed E-state index contributed by atoms with van der Waals surface area (Å²) in [5.41, 5.74) is 18.8. The van der Waals surface area contributed by atoms with Gasteiger partial charge in [0.25, 0.3) is 0 Å². The summed E-state index contributed by atoms with van der Waals surface area (Å²) in [5.74, 6) is 0. The van der Waals surface area contributed by atoms with Crippen LogP contribution < -0.4 is 0 Å². The van der Waals surface area contributed by atoms with E-state index in [9.17, 15) is 5.53 Å². The molecule has 3 rings (SSSR count). The fraction of sp³-hybridized carbons (Fsp3) is 0.407. The molecule has 2 aromatic carbocycles. The molecule has 0 bridgehead atoms. The molecular formula is C27H34N2. The Kier molecular flexibility index (Phi) is 7.57. The minimum absolute atomic E-state index is 0.867. The zero-order valence-corrected chi connectivity index (χ0v) is 18.2. The molecule has 0 spiro atoms. The van der Waals surface area contributed by atoms with Gasteiger partial charge in [0.2, 0.25) is 11.4 Å². The maximum Gasteiger partial charge on any atom is 0.210 e. The number of rotatable bonds is 10. The molecule has 0 aromatic heterocycles. The van der Waals surface area contributed by atoms with Gasteiger partial charge in [-0.05, 0) is 68.0 Å². The van der Waals surface area contributed by atoms with E-state index in [2.05, 4.69) is 75.4 Å². The van der Waals surface area contributed by atoms with Crippen molar-refractivity contribution < 1.29 is 4.70 Å². The lowest BCUT2D eigenvalue weighted by atomic mass is 10.0. The van der Waals surface area contributed by atoms with Crippen molar-refractivity contribution in [1.82, 2.24) is 0 Å². The summed E-state index contributed by atoms with van der Waals surface area (Å²) >= 11 is 0. The fourth-order valence-corrected chi connectivity index (χ4v) is 4.10. The molecule has 0 N–H and O–H groups in total. The molecule has 0 atom stereocenters. The van der Waals surface area contributed by atoms with Crippen LogP contribution in [0.15, 0.2) is 60.2 Å². The molecule has 0 aliphatic carbocycles. The van der Waals surface area contributed by atoms with Crippen LogP contribution in [0.25, 0.3) is 16.9 Å². The number of benzene rings is 2. The van der Waals surface area contributed by atoms with E-state index in [0.717, 1.165) is 40.9 Å². The zero-order valence-electron chi connectivity index (χ0n) is 18.2. The first-order chi connectivity index (χ1) is 14.1. The van der Waals surface area contributed by atoms with E-state index in [0.29, 0.717) is 0 Å². The lowest BCUT2D eigenvalue weighted by molar-refractivity contribution is -0.344. The molecule has 2 heteroatoms. The summed E-state index contributed by atoms with van der Waals surface area (Å²) in [6.45, 7) is 6.55. The van der Waals surface area contributed by atoms with Crippen LogP contribution in [-0.2, 0) is 12.8 Å². The number of unbranched alkanes of at least 4 members (excludes halogenated alkanes) is 4. The van der Waals surface area contributed by atoms with Gasteiger partial charge in [-0.15, -0.1) is 0 Å². The Morgan fingerprint density at radius 2 is 1.31 bits per heavy atom. The topological polar surface area (TPSA) is 25.3 Å². The highest BCUT2D eigenvalue weighted by molar-refractivity contribution is 5.78. The van der Waals surface area contributed by atoms with Crippen LogP contribution >= 0.6 is 0 Å². The Labute approximate surface area is 176 Å². The quantitative estimate of drug-likeness (QED) is 0.292. The van der Waals surface area contributed by atoms with Crippen molar-refractivity contribution in [2.45, 2.75) is 72.1 Å². The minimum Gasteiger partial charge on any atom is -0.493 e. The standard InChI is InChI=1S/C27H34N2/c1-4-6-8-12-22-14-10-16-24(19-22)26-18-21(3)27(29(26)28)25-17-11-15-23(20-25)13-9-7-5-2/h10-11,14-20H,4-9,12-13H2,1-3H3. The molecule has 0 fully saturated rings. The molecule has 152 valence electrons. The minimum atomic E-state index is 0.867. The smallest absolute Gasteiger partial charge is 0.210 e. The molecule has 0 saturated heterocycles. The highest BCUT2D eigenvalue weighted by Crippen LogP contribution is 2.35. The van der Waals surface area contributed by atoms with Gasteiger partial charge in [-0.25, -0.2) is 4.70 Å². The lowest BCUT2D eigenvalue weighted by Crippen LogP contribution is -2.03. The lowest BCUT2D eigenvalue weighted by Gasteiger charge is -2.11. The first-order valence-corrected chi connectivity index (χ1v) is 11.2. The Morgan fingerprint density at radius 3 is 1.90 bits per heavy atom. The summed E-state index contributed by atoms with van der Waals surface area (Å²) in [6, 6.07) is 17.2. The van der Waals surface area contributed by atoms with Crippen molar-refractivity contribution in [2.75, 3.05) is 0 Å². The zero-order chi connectivity index (χ0) is 20.6. The molecule has 0 radical (unpaired) electrons. The second-order valence-corrected chi connectivity index (χ2v) is 8.19. The Hall–Kier alpha value is -2.48. The molecule has 0 saturated carbocycles. The van der Waals surface area contributed by atoms with E-state index in [1.54, 1.807) is 0 Å². The molecule has 0 amide bonds. The first kappa shape index (κ1) is 21.2. The highest BCUT2D eigenvalue weighted by atomic mass is 15.2. The van der Waals surface area contributed by atoms with Gasteiger partial charge in [0.15, 0.2) is 0 Å². The average molecular weight is 387 g/mol. The number of hydrogen-bond acceptors (Lipinski definition) is 0. The van der Waals surface area contributed by atoms with Crippen LogP contribution in [0.4, 0.5) is 0 Å². The van der Waals surface area contributed by atoms with Gasteiger partial charge >= 0.3 is 0 Å². The van der Waals surface area contributed by atoms with Crippen LogP contribution in [0.5, 0.6) is 0 Å². The summed E-state index contributed by atoms with van der Waals surface area (Å²) < 4.78 is 1.38. The third-order valence-corrected chi connectivity index (χ3v) is 5.73. The highest BCUT2D eigenvalue weighted by Gasteiger charge is 2.27. The molecular weight excluding hydrogens is 352 g/mol. The van der Waals surface area contributed by atoms with Crippen molar-refractivity contribution in [2.24, 2.45) is 0 Å². The predicted octanol–water partition coefficient (Wildman–Crippen LogP) is 7.97. The number of allylic oxidation sites excluding steroid dienone is 2. The monoisotopic (exact) mass is 386 g/mol. The second kappa shape index (κ2) is 10.3. The molecule has 29 heavy (non-hydrogen) atoms. The van der Waals surface area contributed by atoms with E-state index in [1.165, 1.54) is 54.3 Å². The Bertz CT molecular complexity index is 918. The SMILES string of the molecule is CCCCCc1cccc(C2=CC(C)=C(c3cccc(CCCCC)c3)[N+]2=[N-])c1. The van der Waals surface area contributed by atoms with Gasteiger partial charge in [0.05, 0.1) is 0 Å². The molecule has 2 nitrogen and oxygen atoms in total. The average Bonchev–Trinajstić information content (AvgIpc) is 3.03. The van der Waals surface area contributed by atoms with Crippen LogP contribution in [-0.4, -0.2) is 4.70 Å². The van der Waals surface area contributed by atoms with Crippen molar-refractivity contribution in [3.05, 3.63) is 88.0 Å². The fourth-order valence-electron chi connectivity index (χ4n) is 4.10.